The summed E-state index contributed by atoms with van der Waals surface area (Å²) in [5, 5.41) is 4.65. The van der Waals surface area contributed by atoms with Gasteiger partial charge in [-0.15, -0.1) is 0 Å². The summed E-state index contributed by atoms with van der Waals surface area (Å²) in [6.45, 7) is 7.74. The minimum Gasteiger partial charge on any atom is -0.378 e. The molecule has 0 aliphatic carbocycles. The minimum absolute atomic E-state index is 0.325. The van der Waals surface area contributed by atoms with E-state index in [1.54, 1.807) is 4.52 Å². The van der Waals surface area contributed by atoms with Crippen molar-refractivity contribution in [3.63, 3.8) is 0 Å². The molecule has 2 saturated heterocycles. The molecule has 6 heterocycles. The largest absolute Gasteiger partial charge is 0.378 e. The first-order valence-electron chi connectivity index (χ1n) is 10.9. The summed E-state index contributed by atoms with van der Waals surface area (Å²) in [5.41, 5.74) is 5.54. The van der Waals surface area contributed by atoms with Crippen LogP contribution >= 0.6 is 0 Å². The van der Waals surface area contributed by atoms with E-state index in [1.165, 1.54) is 6.07 Å². The third-order valence-electron chi connectivity index (χ3n) is 6.64. The quantitative estimate of drug-likeness (QED) is 0.509. The Bertz CT molecular complexity index is 1280. The molecule has 4 aromatic heterocycles. The van der Waals surface area contributed by atoms with Crippen molar-refractivity contribution in [1.82, 2.24) is 28.9 Å². The summed E-state index contributed by atoms with van der Waals surface area (Å²) >= 11 is 0. The van der Waals surface area contributed by atoms with Crippen LogP contribution in [0.4, 0.5) is 4.39 Å². The highest BCUT2D eigenvalue weighted by atomic mass is 19.1. The van der Waals surface area contributed by atoms with Crippen molar-refractivity contribution < 1.29 is 9.13 Å². The van der Waals surface area contributed by atoms with E-state index in [9.17, 15) is 0 Å². The Morgan fingerprint density at radius 2 is 1.81 bits per heavy atom. The first kappa shape index (κ1) is 18.9. The zero-order chi connectivity index (χ0) is 21.1. The molecule has 0 spiro atoms. The van der Waals surface area contributed by atoms with Gasteiger partial charge in [0.25, 0.3) is 0 Å². The van der Waals surface area contributed by atoms with E-state index in [1.807, 2.05) is 42.9 Å². The zero-order valence-corrected chi connectivity index (χ0v) is 17.8. The molecular weight excluding hydrogens is 395 g/mol. The van der Waals surface area contributed by atoms with Crippen molar-refractivity contribution in [2.45, 2.75) is 38.6 Å². The number of ether oxygens (including phenoxy) is 1. The average molecular weight is 420 g/mol. The van der Waals surface area contributed by atoms with Gasteiger partial charge in [-0.2, -0.15) is 5.10 Å². The van der Waals surface area contributed by atoms with Crippen molar-refractivity contribution in [2.75, 3.05) is 26.3 Å². The van der Waals surface area contributed by atoms with Gasteiger partial charge in [0.05, 0.1) is 42.5 Å². The Morgan fingerprint density at radius 3 is 2.55 bits per heavy atom. The van der Waals surface area contributed by atoms with Gasteiger partial charge in [-0.05, 0) is 57.5 Å². The molecule has 0 N–H and O–H groups in total. The Hall–Kier alpha value is -2.84. The van der Waals surface area contributed by atoms with E-state index in [0.29, 0.717) is 17.6 Å². The van der Waals surface area contributed by atoms with Crippen LogP contribution in [0, 0.1) is 19.7 Å². The lowest BCUT2D eigenvalue weighted by atomic mass is 9.93. The molecule has 31 heavy (non-hydrogen) atoms. The summed E-state index contributed by atoms with van der Waals surface area (Å²) < 4.78 is 23.9. The average Bonchev–Trinajstić information content (AvgIpc) is 3.31. The number of fused-ring (bicyclic) bond motifs is 2. The molecule has 7 nitrogen and oxygen atoms in total. The fourth-order valence-electron chi connectivity index (χ4n) is 4.79. The third-order valence-corrected chi connectivity index (χ3v) is 6.64. The Labute approximate surface area is 179 Å². The normalized spacial score (nSPS) is 18.8. The summed E-state index contributed by atoms with van der Waals surface area (Å²) in [6, 6.07) is 4.07. The van der Waals surface area contributed by atoms with Crippen LogP contribution in [-0.2, 0) is 4.74 Å². The molecule has 8 heteroatoms. The Kier molecular flexibility index (Phi) is 4.33. The molecule has 2 fully saturated rings. The minimum atomic E-state index is -0.325. The van der Waals surface area contributed by atoms with Crippen molar-refractivity contribution >= 4 is 11.3 Å². The maximum Gasteiger partial charge on any atom is 0.173 e. The van der Waals surface area contributed by atoms with Crippen LogP contribution in [0.2, 0.25) is 0 Å². The maximum absolute atomic E-state index is 15.0. The highest BCUT2D eigenvalue weighted by Gasteiger charge is 2.31. The molecule has 0 aromatic carbocycles. The molecule has 0 unspecified atom stereocenters. The van der Waals surface area contributed by atoms with Gasteiger partial charge in [0.15, 0.2) is 17.1 Å². The van der Waals surface area contributed by atoms with Crippen LogP contribution in [0.15, 0.2) is 30.7 Å². The fourth-order valence-corrected chi connectivity index (χ4v) is 4.79. The molecule has 2 aliphatic heterocycles. The standard InChI is InChI=1S/C23H25FN6O/c1-14-7-20(27-30-9-15(2)25-22(14)30)17-8-19(24)23-26-21(11-29(23)10-17)16-3-5-28(6-4-16)18-12-31-13-18/h7-11,16,18H,3-6,12-13H2,1-2H3. The Morgan fingerprint density at radius 1 is 1.00 bits per heavy atom. The number of aromatic nitrogens is 5. The molecule has 2 aliphatic rings. The van der Waals surface area contributed by atoms with E-state index in [-0.39, 0.29) is 5.82 Å². The highest BCUT2D eigenvalue weighted by molar-refractivity contribution is 5.64. The van der Waals surface area contributed by atoms with Gasteiger partial charge in [-0.1, -0.05) is 0 Å². The van der Waals surface area contributed by atoms with Gasteiger partial charge in [0.1, 0.15) is 0 Å². The number of hydrogen-bond acceptors (Lipinski definition) is 5. The van der Waals surface area contributed by atoms with Gasteiger partial charge in [0.2, 0.25) is 0 Å². The predicted molar refractivity (Wildman–Crippen MR) is 115 cm³/mol. The molecule has 0 atom stereocenters. The predicted octanol–water partition coefficient (Wildman–Crippen LogP) is 3.38. The summed E-state index contributed by atoms with van der Waals surface area (Å²) in [5.74, 6) is 0.0415. The number of pyridine rings is 1. The van der Waals surface area contributed by atoms with Crippen LogP contribution < -0.4 is 0 Å². The lowest BCUT2D eigenvalue weighted by molar-refractivity contribution is -0.0713. The maximum atomic E-state index is 15.0. The van der Waals surface area contributed by atoms with Crippen molar-refractivity contribution in [1.29, 1.82) is 0 Å². The van der Waals surface area contributed by atoms with E-state index in [2.05, 4.69) is 20.0 Å². The molecule has 0 saturated carbocycles. The molecule has 6 rings (SSSR count). The van der Waals surface area contributed by atoms with Crippen molar-refractivity contribution in [2.24, 2.45) is 0 Å². The van der Waals surface area contributed by atoms with E-state index >= 15 is 4.39 Å². The summed E-state index contributed by atoms with van der Waals surface area (Å²) in [6.07, 6.45) is 7.89. The topological polar surface area (TPSA) is 60.0 Å². The molecule has 4 aromatic rings. The molecule has 0 amide bonds. The molecular formula is C23H25FN6O. The highest BCUT2D eigenvalue weighted by Crippen LogP contribution is 2.31. The van der Waals surface area contributed by atoms with Crippen molar-refractivity contribution in [3.8, 4) is 11.3 Å². The van der Waals surface area contributed by atoms with E-state index in [0.717, 1.165) is 73.0 Å². The number of halogens is 1. The second-order valence-electron chi connectivity index (χ2n) is 8.84. The van der Waals surface area contributed by atoms with Crippen LogP contribution in [0.25, 0.3) is 22.6 Å². The lowest BCUT2D eigenvalue weighted by Crippen LogP contribution is -2.51. The number of nitrogens with zero attached hydrogens (tertiary/aromatic N) is 6. The zero-order valence-electron chi connectivity index (χ0n) is 17.8. The van der Waals surface area contributed by atoms with Gasteiger partial charge in [-0.3, -0.25) is 4.90 Å². The van der Waals surface area contributed by atoms with Gasteiger partial charge in [-0.25, -0.2) is 18.9 Å². The number of likely N-dealkylation sites (tertiary alicyclic amines) is 1. The van der Waals surface area contributed by atoms with Gasteiger partial charge < -0.3 is 9.14 Å². The van der Waals surface area contributed by atoms with E-state index in [4.69, 9.17) is 4.74 Å². The first-order chi connectivity index (χ1) is 15.0. The van der Waals surface area contributed by atoms with Gasteiger partial charge in [0, 0.05) is 23.9 Å². The molecule has 0 radical (unpaired) electrons. The van der Waals surface area contributed by atoms with E-state index < -0.39 is 0 Å². The number of aryl methyl sites for hydroxylation is 2. The smallest absolute Gasteiger partial charge is 0.173 e. The summed E-state index contributed by atoms with van der Waals surface area (Å²) in [7, 11) is 0. The fraction of sp³-hybridized carbons (Fsp3) is 0.435. The van der Waals surface area contributed by atoms with Crippen LogP contribution in [0.3, 0.4) is 0 Å². The monoisotopic (exact) mass is 420 g/mol. The summed E-state index contributed by atoms with van der Waals surface area (Å²) in [4.78, 5) is 11.7. The van der Waals surface area contributed by atoms with Gasteiger partial charge >= 0.3 is 0 Å². The number of hydrogen-bond donors (Lipinski definition) is 0. The lowest BCUT2D eigenvalue weighted by Gasteiger charge is -2.41. The van der Waals surface area contributed by atoms with Crippen LogP contribution in [-0.4, -0.2) is 61.2 Å². The van der Waals surface area contributed by atoms with Crippen LogP contribution in [0.5, 0.6) is 0 Å². The van der Waals surface area contributed by atoms with Crippen LogP contribution in [0.1, 0.15) is 35.7 Å². The first-order valence-corrected chi connectivity index (χ1v) is 10.9. The third kappa shape index (κ3) is 3.21. The Balaban J connectivity index is 1.31. The van der Waals surface area contributed by atoms with Crippen molar-refractivity contribution in [3.05, 3.63) is 53.5 Å². The second-order valence-corrected chi connectivity index (χ2v) is 8.84. The number of rotatable bonds is 3. The number of imidazole rings is 2. The number of piperidine rings is 1. The second kappa shape index (κ2) is 7.10. The molecule has 0 bridgehead atoms. The molecule has 160 valence electrons. The SMILES string of the molecule is Cc1cn2nc(-c3cc(F)c4nc(C5CCN(C6COC6)CC5)cn4c3)cc(C)c2n1.